The van der Waals surface area contributed by atoms with E-state index in [2.05, 4.69) is 38.0 Å². The largest absolute Gasteiger partial charge is 0.396 e. The van der Waals surface area contributed by atoms with Gasteiger partial charge in [-0.3, -0.25) is 0 Å². The van der Waals surface area contributed by atoms with Crippen molar-refractivity contribution in [1.82, 2.24) is 4.98 Å². The van der Waals surface area contributed by atoms with Crippen LogP contribution in [0.4, 0.5) is 11.5 Å². The molecule has 16 heavy (non-hydrogen) atoms. The van der Waals surface area contributed by atoms with Crippen LogP contribution in [0.25, 0.3) is 0 Å². The van der Waals surface area contributed by atoms with Crippen LogP contribution in [0, 0.1) is 11.3 Å². The number of rotatable bonds is 4. The van der Waals surface area contributed by atoms with Gasteiger partial charge in [-0.1, -0.05) is 39.3 Å². The van der Waals surface area contributed by atoms with Crippen molar-refractivity contribution in [3.63, 3.8) is 0 Å². The number of halogens is 1. The van der Waals surface area contributed by atoms with Gasteiger partial charge in [0.2, 0.25) is 0 Å². The van der Waals surface area contributed by atoms with E-state index in [0.29, 0.717) is 22.6 Å². The van der Waals surface area contributed by atoms with Crippen molar-refractivity contribution in [1.29, 1.82) is 0 Å². The van der Waals surface area contributed by atoms with E-state index in [4.69, 9.17) is 17.3 Å². The number of pyridine rings is 1. The van der Waals surface area contributed by atoms with Crippen LogP contribution in [0.15, 0.2) is 12.1 Å². The van der Waals surface area contributed by atoms with E-state index in [1.807, 2.05) is 0 Å². The van der Waals surface area contributed by atoms with Gasteiger partial charge in [0, 0.05) is 6.54 Å². The van der Waals surface area contributed by atoms with Crippen LogP contribution in [0.3, 0.4) is 0 Å². The number of nitrogens with two attached hydrogens (primary N) is 1. The summed E-state index contributed by atoms with van der Waals surface area (Å²) in [5, 5.41) is 3.71. The molecule has 1 aromatic rings. The first-order chi connectivity index (χ1) is 7.33. The Morgan fingerprint density at radius 3 is 2.62 bits per heavy atom. The smallest absolute Gasteiger partial charge is 0.150 e. The molecule has 0 amide bonds. The van der Waals surface area contributed by atoms with Crippen molar-refractivity contribution in [2.75, 3.05) is 17.6 Å². The molecule has 0 saturated heterocycles. The Labute approximate surface area is 102 Å². The van der Waals surface area contributed by atoms with Crippen LogP contribution >= 0.6 is 11.6 Å². The van der Waals surface area contributed by atoms with Crippen molar-refractivity contribution in [3.8, 4) is 0 Å². The third-order valence-corrected chi connectivity index (χ3v) is 3.38. The monoisotopic (exact) mass is 241 g/mol. The molecule has 90 valence electrons. The molecule has 4 heteroatoms. The Morgan fingerprint density at radius 2 is 2.06 bits per heavy atom. The summed E-state index contributed by atoms with van der Waals surface area (Å²) < 4.78 is 0. The predicted octanol–water partition coefficient (Wildman–Crippen LogP) is 3.41. The third kappa shape index (κ3) is 3.27. The molecule has 0 aromatic carbocycles. The van der Waals surface area contributed by atoms with E-state index < -0.39 is 0 Å². The Bertz CT molecular complexity index is 361. The number of hydrogen-bond donors (Lipinski definition) is 2. The summed E-state index contributed by atoms with van der Waals surface area (Å²) >= 11 is 5.82. The van der Waals surface area contributed by atoms with E-state index in [9.17, 15) is 0 Å². The quantitative estimate of drug-likeness (QED) is 0.795. The van der Waals surface area contributed by atoms with Gasteiger partial charge in [-0.25, -0.2) is 4.98 Å². The highest BCUT2D eigenvalue weighted by Crippen LogP contribution is 2.27. The standard InChI is InChI=1S/C12H20ClN3/c1-8(2)12(3,4)7-15-11-9(14)5-6-10(13)16-11/h5-6,8H,7,14H2,1-4H3,(H,15,16). The lowest BCUT2D eigenvalue weighted by atomic mass is 9.81. The maximum atomic E-state index is 5.82. The van der Waals surface area contributed by atoms with Gasteiger partial charge >= 0.3 is 0 Å². The first-order valence-corrected chi connectivity index (χ1v) is 5.86. The minimum atomic E-state index is 0.191. The number of nitrogens with zero attached hydrogens (tertiary/aromatic N) is 1. The molecule has 0 radical (unpaired) electrons. The van der Waals surface area contributed by atoms with Gasteiger partial charge in [-0.2, -0.15) is 0 Å². The molecule has 1 heterocycles. The zero-order valence-electron chi connectivity index (χ0n) is 10.3. The van der Waals surface area contributed by atoms with Gasteiger partial charge in [0.25, 0.3) is 0 Å². The summed E-state index contributed by atoms with van der Waals surface area (Å²) in [4.78, 5) is 4.16. The highest BCUT2D eigenvalue weighted by Gasteiger charge is 2.22. The SMILES string of the molecule is CC(C)C(C)(C)CNc1nc(Cl)ccc1N. The normalized spacial score (nSPS) is 11.9. The zero-order valence-corrected chi connectivity index (χ0v) is 11.1. The Balaban J connectivity index is 2.71. The molecule has 0 bridgehead atoms. The minimum absolute atomic E-state index is 0.191. The van der Waals surface area contributed by atoms with Crippen molar-refractivity contribution in [2.45, 2.75) is 27.7 Å². The maximum Gasteiger partial charge on any atom is 0.150 e. The van der Waals surface area contributed by atoms with E-state index >= 15 is 0 Å². The van der Waals surface area contributed by atoms with Crippen LogP contribution in [0.5, 0.6) is 0 Å². The fourth-order valence-electron chi connectivity index (χ4n) is 1.10. The van der Waals surface area contributed by atoms with E-state index in [1.165, 1.54) is 0 Å². The number of hydrogen-bond acceptors (Lipinski definition) is 3. The molecule has 0 saturated carbocycles. The maximum absolute atomic E-state index is 5.82. The number of anilines is 2. The topological polar surface area (TPSA) is 50.9 Å². The second-order valence-electron chi connectivity index (χ2n) is 5.07. The van der Waals surface area contributed by atoms with Gasteiger partial charge in [0.15, 0.2) is 5.82 Å². The summed E-state index contributed by atoms with van der Waals surface area (Å²) in [6.07, 6.45) is 0. The predicted molar refractivity (Wildman–Crippen MR) is 70.8 cm³/mol. The first kappa shape index (κ1) is 13.1. The summed E-state index contributed by atoms with van der Waals surface area (Å²) in [7, 11) is 0. The van der Waals surface area contributed by atoms with Crippen molar-refractivity contribution >= 4 is 23.1 Å². The lowest BCUT2D eigenvalue weighted by Gasteiger charge is -2.29. The molecule has 0 atom stereocenters. The van der Waals surface area contributed by atoms with E-state index in [-0.39, 0.29) is 5.41 Å². The highest BCUT2D eigenvalue weighted by molar-refractivity contribution is 6.29. The van der Waals surface area contributed by atoms with Crippen LogP contribution in [-0.2, 0) is 0 Å². The van der Waals surface area contributed by atoms with Crippen LogP contribution in [0.2, 0.25) is 5.15 Å². The average Bonchev–Trinajstić information content (AvgIpc) is 2.19. The van der Waals surface area contributed by atoms with Crippen LogP contribution in [-0.4, -0.2) is 11.5 Å². The van der Waals surface area contributed by atoms with Gasteiger partial charge in [-0.15, -0.1) is 0 Å². The fourth-order valence-corrected chi connectivity index (χ4v) is 1.25. The molecule has 0 fully saturated rings. The van der Waals surface area contributed by atoms with Crippen molar-refractivity contribution < 1.29 is 0 Å². The Kier molecular flexibility index (Phi) is 4.03. The van der Waals surface area contributed by atoms with Crippen molar-refractivity contribution in [3.05, 3.63) is 17.3 Å². The highest BCUT2D eigenvalue weighted by atomic mass is 35.5. The number of nitrogen functional groups attached to an aromatic ring is 1. The van der Waals surface area contributed by atoms with E-state index in [0.717, 1.165) is 6.54 Å². The Morgan fingerprint density at radius 1 is 1.44 bits per heavy atom. The van der Waals surface area contributed by atoms with Gasteiger partial charge in [-0.05, 0) is 23.5 Å². The summed E-state index contributed by atoms with van der Waals surface area (Å²) in [5.41, 5.74) is 6.63. The van der Waals surface area contributed by atoms with Gasteiger partial charge < -0.3 is 11.1 Å². The van der Waals surface area contributed by atoms with Gasteiger partial charge in [0.1, 0.15) is 5.15 Å². The average molecular weight is 242 g/mol. The molecule has 0 aliphatic rings. The minimum Gasteiger partial charge on any atom is -0.396 e. The second-order valence-corrected chi connectivity index (χ2v) is 5.46. The molecule has 1 aromatic heterocycles. The van der Waals surface area contributed by atoms with E-state index in [1.54, 1.807) is 12.1 Å². The molecule has 0 unspecified atom stereocenters. The molecule has 0 aliphatic carbocycles. The van der Waals surface area contributed by atoms with Crippen LogP contribution in [0.1, 0.15) is 27.7 Å². The van der Waals surface area contributed by atoms with Gasteiger partial charge in [0.05, 0.1) is 5.69 Å². The fraction of sp³-hybridized carbons (Fsp3) is 0.583. The molecular weight excluding hydrogens is 222 g/mol. The molecular formula is C12H20ClN3. The lowest BCUT2D eigenvalue weighted by Crippen LogP contribution is -2.29. The summed E-state index contributed by atoms with van der Waals surface area (Å²) in [6, 6.07) is 3.45. The molecule has 0 spiro atoms. The molecule has 3 nitrogen and oxygen atoms in total. The number of nitrogens with one attached hydrogen (secondary N) is 1. The molecule has 0 aliphatic heterocycles. The van der Waals surface area contributed by atoms with Crippen molar-refractivity contribution in [2.24, 2.45) is 11.3 Å². The third-order valence-electron chi connectivity index (χ3n) is 3.17. The Hall–Kier alpha value is -0.960. The summed E-state index contributed by atoms with van der Waals surface area (Å²) in [5.74, 6) is 1.25. The zero-order chi connectivity index (χ0) is 12.3. The number of aromatic nitrogens is 1. The van der Waals surface area contributed by atoms with Crippen LogP contribution < -0.4 is 11.1 Å². The lowest BCUT2D eigenvalue weighted by molar-refractivity contribution is 0.269. The second kappa shape index (κ2) is 4.91. The summed E-state index contributed by atoms with van der Waals surface area (Å²) in [6.45, 7) is 9.66. The molecule has 3 N–H and O–H groups in total. The first-order valence-electron chi connectivity index (χ1n) is 5.49. The molecule has 1 rings (SSSR count).